The zero-order valence-corrected chi connectivity index (χ0v) is 42.1. The van der Waals surface area contributed by atoms with Gasteiger partial charge in [-0.25, -0.2) is 29.9 Å². The third-order valence-corrected chi connectivity index (χ3v) is 12.3. The van der Waals surface area contributed by atoms with Crippen LogP contribution < -0.4 is 10.6 Å². The number of nitrogens with zero attached hydrogens (tertiary/aromatic N) is 10. The smallest absolute Gasteiger partial charge is 0.322 e. The Hall–Kier alpha value is -9.72. The number of amides is 2. The first kappa shape index (κ1) is 53.1. The molecule has 0 aliphatic carbocycles. The summed E-state index contributed by atoms with van der Waals surface area (Å²) >= 11 is 0. The highest BCUT2D eigenvalue weighted by Crippen LogP contribution is 2.35. The molecular weight excluding hydrogens is 1010 g/mol. The molecule has 0 unspecified atom stereocenters. The fourth-order valence-corrected chi connectivity index (χ4v) is 8.19. The SMILES string of the molecule is Cc1cn(-c2cc(NC(=O)c3ccc(C)c(Cc4nccc(-c5cccnc5)n4)c3)cc(C(F)(F)F)c2)cn1.Cc1cn(-c2cc(NC(=O)c3ccc(C)c(Cc4nccc(-c5cccnc5)n4)c3)cc(C(F)(F)F)c2)cn1. The van der Waals surface area contributed by atoms with Gasteiger partial charge in [-0.1, -0.05) is 12.1 Å². The highest BCUT2D eigenvalue weighted by molar-refractivity contribution is 6.05. The van der Waals surface area contributed by atoms with Crippen molar-refractivity contribution < 1.29 is 35.9 Å². The summed E-state index contributed by atoms with van der Waals surface area (Å²) in [6.07, 6.45) is 7.77. The largest absolute Gasteiger partial charge is 0.416 e. The predicted molar refractivity (Wildman–Crippen MR) is 281 cm³/mol. The van der Waals surface area contributed by atoms with Gasteiger partial charge in [-0.15, -0.1) is 0 Å². The quantitative estimate of drug-likeness (QED) is 0.112. The van der Waals surface area contributed by atoms with E-state index in [0.29, 0.717) is 47.0 Å². The predicted octanol–water partition coefficient (Wildman–Crippen LogP) is 12.4. The summed E-state index contributed by atoms with van der Waals surface area (Å²) in [5.74, 6) is 0.0621. The van der Waals surface area contributed by atoms with E-state index in [1.54, 1.807) is 112 Å². The van der Waals surface area contributed by atoms with Gasteiger partial charge in [0, 0.05) is 107 Å². The molecule has 14 nitrogen and oxygen atoms in total. The fraction of sp³-hybridized carbons (Fsp3) is 0.138. The van der Waals surface area contributed by atoms with Crippen LogP contribution in [0.25, 0.3) is 33.9 Å². The number of anilines is 2. The molecule has 0 bridgehead atoms. The molecule has 2 N–H and O–H groups in total. The van der Waals surface area contributed by atoms with E-state index < -0.39 is 35.3 Å². The van der Waals surface area contributed by atoms with Crippen LogP contribution >= 0.6 is 0 Å². The summed E-state index contributed by atoms with van der Waals surface area (Å²) in [5.41, 5.74) is 7.34. The first-order chi connectivity index (χ1) is 37.3. The molecule has 6 heterocycles. The summed E-state index contributed by atoms with van der Waals surface area (Å²) in [6, 6.07) is 28.1. The van der Waals surface area contributed by atoms with E-state index in [-0.39, 0.29) is 22.7 Å². The van der Waals surface area contributed by atoms with Crippen LogP contribution in [0.1, 0.15) is 77.1 Å². The second-order valence-electron chi connectivity index (χ2n) is 18.1. The number of carbonyl (C=O) groups excluding carboxylic acids is 2. The van der Waals surface area contributed by atoms with Gasteiger partial charge in [0.2, 0.25) is 0 Å². The van der Waals surface area contributed by atoms with Crippen molar-refractivity contribution in [3.05, 3.63) is 239 Å². The van der Waals surface area contributed by atoms with Gasteiger partial charge in [0.05, 0.1) is 46.6 Å². The lowest BCUT2D eigenvalue weighted by Gasteiger charge is -2.14. The van der Waals surface area contributed by atoms with E-state index in [1.165, 1.54) is 33.9 Å². The Bertz CT molecular complexity index is 3540. The number of imidazole rings is 2. The zero-order chi connectivity index (χ0) is 55.1. The number of hydrogen-bond donors (Lipinski definition) is 2. The Labute approximate surface area is 443 Å². The van der Waals surface area contributed by atoms with Gasteiger partial charge in [-0.3, -0.25) is 19.6 Å². The number of halogens is 6. The van der Waals surface area contributed by atoms with Gasteiger partial charge in [0.15, 0.2) is 0 Å². The van der Waals surface area contributed by atoms with Crippen molar-refractivity contribution in [3.63, 3.8) is 0 Å². The Kier molecular flexibility index (Phi) is 15.4. The average Bonchev–Trinajstić information content (AvgIpc) is 4.13. The fourth-order valence-electron chi connectivity index (χ4n) is 8.19. The van der Waals surface area contributed by atoms with Crippen LogP contribution in [0.2, 0.25) is 0 Å². The van der Waals surface area contributed by atoms with Gasteiger partial charge in [-0.05, 0) is 147 Å². The lowest BCUT2D eigenvalue weighted by molar-refractivity contribution is -0.138. The zero-order valence-electron chi connectivity index (χ0n) is 42.1. The van der Waals surface area contributed by atoms with Crippen molar-refractivity contribution in [1.82, 2.24) is 49.0 Å². The minimum absolute atomic E-state index is 0.0193. The van der Waals surface area contributed by atoms with Gasteiger partial charge in [-0.2, -0.15) is 26.3 Å². The molecule has 78 heavy (non-hydrogen) atoms. The maximum Gasteiger partial charge on any atom is 0.416 e. The second kappa shape index (κ2) is 22.6. The van der Waals surface area contributed by atoms with Crippen LogP contribution in [-0.2, 0) is 25.2 Å². The summed E-state index contributed by atoms with van der Waals surface area (Å²) in [4.78, 5) is 60.7. The molecule has 0 saturated heterocycles. The molecule has 0 spiro atoms. The van der Waals surface area contributed by atoms with E-state index in [2.05, 4.69) is 50.5 Å². The number of pyridine rings is 2. The molecule has 6 aromatic heterocycles. The molecule has 10 aromatic rings. The van der Waals surface area contributed by atoms with E-state index in [1.807, 2.05) is 38.1 Å². The maximum atomic E-state index is 13.6. The number of alkyl halides is 6. The Morgan fingerprint density at radius 3 is 1.28 bits per heavy atom. The molecule has 0 saturated carbocycles. The topological polar surface area (TPSA) is 171 Å². The van der Waals surface area contributed by atoms with Gasteiger partial charge < -0.3 is 19.8 Å². The molecule has 0 aliphatic heterocycles. The monoisotopic (exact) mass is 1060 g/mol. The van der Waals surface area contributed by atoms with Crippen molar-refractivity contribution >= 4 is 23.2 Å². The third-order valence-electron chi connectivity index (χ3n) is 12.3. The first-order valence-electron chi connectivity index (χ1n) is 24.0. The average molecular weight is 1060 g/mol. The number of aromatic nitrogens is 10. The lowest BCUT2D eigenvalue weighted by atomic mass is 10.0. The van der Waals surface area contributed by atoms with E-state index in [4.69, 9.17) is 0 Å². The lowest BCUT2D eigenvalue weighted by Crippen LogP contribution is -2.14. The number of nitrogens with one attached hydrogen (secondary N) is 2. The highest BCUT2D eigenvalue weighted by Gasteiger charge is 2.33. The van der Waals surface area contributed by atoms with Crippen LogP contribution in [0.5, 0.6) is 0 Å². The number of aryl methyl sites for hydroxylation is 4. The van der Waals surface area contributed by atoms with Gasteiger partial charge in [0.1, 0.15) is 11.6 Å². The van der Waals surface area contributed by atoms with E-state index >= 15 is 0 Å². The Balaban J connectivity index is 0.000000190. The number of hydrogen-bond acceptors (Lipinski definition) is 10. The van der Waals surface area contributed by atoms with Crippen LogP contribution in [0, 0.1) is 27.7 Å². The van der Waals surface area contributed by atoms with Crippen molar-refractivity contribution in [1.29, 1.82) is 0 Å². The van der Waals surface area contributed by atoms with Crippen LogP contribution in [0.15, 0.2) is 171 Å². The summed E-state index contributed by atoms with van der Waals surface area (Å²) < 4.78 is 84.7. The van der Waals surface area contributed by atoms with Crippen molar-refractivity contribution in [2.75, 3.05) is 10.6 Å². The maximum absolute atomic E-state index is 13.6. The molecule has 4 aromatic carbocycles. The molecule has 0 atom stereocenters. The van der Waals surface area contributed by atoms with E-state index in [9.17, 15) is 35.9 Å². The molecule has 0 aliphatic rings. The molecule has 0 fully saturated rings. The molecule has 0 radical (unpaired) electrons. The van der Waals surface area contributed by atoms with Crippen molar-refractivity contribution in [3.8, 4) is 33.9 Å². The molecule has 10 rings (SSSR count). The summed E-state index contributed by atoms with van der Waals surface area (Å²) in [7, 11) is 0. The Morgan fingerprint density at radius 1 is 0.500 bits per heavy atom. The molecule has 20 heteroatoms. The van der Waals surface area contributed by atoms with Gasteiger partial charge >= 0.3 is 12.4 Å². The van der Waals surface area contributed by atoms with Gasteiger partial charge in [0.25, 0.3) is 11.8 Å². The normalized spacial score (nSPS) is 11.4. The molecular formula is C58H46F6N12O2. The van der Waals surface area contributed by atoms with Crippen LogP contribution in [0.3, 0.4) is 0 Å². The number of carbonyl (C=O) groups is 2. The van der Waals surface area contributed by atoms with Crippen LogP contribution in [-0.4, -0.2) is 60.8 Å². The first-order valence-corrected chi connectivity index (χ1v) is 24.0. The van der Waals surface area contributed by atoms with Crippen molar-refractivity contribution in [2.24, 2.45) is 0 Å². The Morgan fingerprint density at radius 2 is 0.923 bits per heavy atom. The minimum Gasteiger partial charge on any atom is -0.322 e. The highest BCUT2D eigenvalue weighted by atomic mass is 19.4. The van der Waals surface area contributed by atoms with E-state index in [0.717, 1.165) is 69.0 Å². The van der Waals surface area contributed by atoms with Crippen molar-refractivity contribution in [2.45, 2.75) is 52.9 Å². The molecule has 2 amide bonds. The second-order valence-corrected chi connectivity index (χ2v) is 18.1. The third kappa shape index (κ3) is 13.2. The number of rotatable bonds is 12. The standard InChI is InChI=1S/2C29H23F3N6O/c2*1-18-5-6-20(10-22(18)11-27-34-9-7-26(37-27)21-4-3-8-33-15-21)28(39)36-24-12-23(29(30,31)32)13-25(14-24)38-16-19(2)35-17-38/h2*3-10,12-17H,11H2,1-2H3,(H,36,39). The summed E-state index contributed by atoms with van der Waals surface area (Å²) in [6.45, 7) is 7.30. The number of benzene rings is 4. The van der Waals surface area contributed by atoms with Crippen LogP contribution in [0.4, 0.5) is 37.7 Å². The minimum atomic E-state index is -4.59. The molecule has 392 valence electrons. The summed E-state index contributed by atoms with van der Waals surface area (Å²) in [5, 5.41) is 5.24.